The van der Waals surface area contributed by atoms with E-state index in [4.69, 9.17) is 11.6 Å². The van der Waals surface area contributed by atoms with Crippen LogP contribution in [0.25, 0.3) is 10.1 Å². The largest absolute Gasteiger partial charge is 0.465 e. The Morgan fingerprint density at radius 2 is 2.36 bits per heavy atom. The standard InChI is InChI=1S/C9H6ClNO2S/c1-13-9(12)7-2-5-3-11-4-6(10)8(5)14-7/h2-4H,1H3. The molecule has 2 aromatic heterocycles. The average molecular weight is 228 g/mol. The zero-order valence-corrected chi connectivity index (χ0v) is 8.85. The van der Waals surface area contributed by atoms with E-state index in [9.17, 15) is 4.79 Å². The highest BCUT2D eigenvalue weighted by molar-refractivity contribution is 7.21. The van der Waals surface area contributed by atoms with E-state index >= 15 is 0 Å². The first kappa shape index (κ1) is 9.43. The number of fused-ring (bicyclic) bond motifs is 1. The fraction of sp³-hybridized carbons (Fsp3) is 0.111. The number of thiophene rings is 1. The molecule has 0 saturated carbocycles. The van der Waals surface area contributed by atoms with Crippen molar-refractivity contribution in [3.63, 3.8) is 0 Å². The maximum absolute atomic E-state index is 11.2. The summed E-state index contributed by atoms with van der Waals surface area (Å²) >= 11 is 7.22. The molecule has 0 saturated heterocycles. The third-order valence-electron chi connectivity index (χ3n) is 1.77. The molecule has 0 unspecified atom stereocenters. The van der Waals surface area contributed by atoms with Crippen molar-refractivity contribution in [2.75, 3.05) is 7.11 Å². The molecule has 5 heteroatoms. The number of carbonyl (C=O) groups is 1. The second-order valence-corrected chi connectivity index (χ2v) is 4.10. The first-order valence-electron chi connectivity index (χ1n) is 3.83. The van der Waals surface area contributed by atoms with E-state index in [2.05, 4.69) is 9.72 Å². The quantitative estimate of drug-likeness (QED) is 0.704. The van der Waals surface area contributed by atoms with Crippen molar-refractivity contribution < 1.29 is 9.53 Å². The minimum Gasteiger partial charge on any atom is -0.465 e. The van der Waals surface area contributed by atoms with Gasteiger partial charge in [-0.25, -0.2) is 4.79 Å². The molecule has 2 heterocycles. The molecule has 0 aromatic carbocycles. The molecule has 0 radical (unpaired) electrons. The molecular formula is C9H6ClNO2S. The first-order chi connectivity index (χ1) is 6.72. The molecule has 0 spiro atoms. The van der Waals surface area contributed by atoms with Crippen molar-refractivity contribution >= 4 is 39.0 Å². The molecule has 0 aliphatic rings. The van der Waals surface area contributed by atoms with Gasteiger partial charge in [-0.05, 0) is 6.07 Å². The summed E-state index contributed by atoms with van der Waals surface area (Å²) in [6.45, 7) is 0. The van der Waals surface area contributed by atoms with Gasteiger partial charge < -0.3 is 4.74 Å². The van der Waals surface area contributed by atoms with Gasteiger partial charge in [0.2, 0.25) is 0 Å². The summed E-state index contributed by atoms with van der Waals surface area (Å²) in [5.41, 5.74) is 0. The highest BCUT2D eigenvalue weighted by Gasteiger charge is 2.11. The van der Waals surface area contributed by atoms with E-state index < -0.39 is 0 Å². The van der Waals surface area contributed by atoms with E-state index in [1.165, 1.54) is 18.4 Å². The van der Waals surface area contributed by atoms with Crippen molar-refractivity contribution in [1.82, 2.24) is 4.98 Å². The van der Waals surface area contributed by atoms with Crippen LogP contribution in [0.4, 0.5) is 0 Å². The van der Waals surface area contributed by atoms with Crippen LogP contribution in [-0.4, -0.2) is 18.1 Å². The second-order valence-electron chi connectivity index (χ2n) is 2.64. The van der Waals surface area contributed by atoms with Crippen molar-refractivity contribution in [1.29, 1.82) is 0 Å². The zero-order valence-electron chi connectivity index (χ0n) is 7.28. The number of esters is 1. The lowest BCUT2D eigenvalue weighted by Crippen LogP contribution is -1.96. The predicted octanol–water partition coefficient (Wildman–Crippen LogP) is 2.74. The Labute approximate surface area is 89.3 Å². The van der Waals surface area contributed by atoms with Crippen LogP contribution in [0.1, 0.15) is 9.67 Å². The zero-order chi connectivity index (χ0) is 10.1. The molecule has 2 aromatic rings. The van der Waals surface area contributed by atoms with E-state index in [0.717, 1.165) is 10.1 Å². The van der Waals surface area contributed by atoms with Crippen LogP contribution in [0.3, 0.4) is 0 Å². The van der Waals surface area contributed by atoms with Crippen molar-refractivity contribution in [2.24, 2.45) is 0 Å². The van der Waals surface area contributed by atoms with E-state index in [0.29, 0.717) is 9.90 Å². The van der Waals surface area contributed by atoms with Crippen molar-refractivity contribution in [3.8, 4) is 0 Å². The number of methoxy groups -OCH3 is 1. The van der Waals surface area contributed by atoms with Gasteiger partial charge in [0.05, 0.1) is 16.8 Å². The summed E-state index contributed by atoms with van der Waals surface area (Å²) in [6, 6.07) is 1.73. The molecule has 72 valence electrons. The minimum atomic E-state index is -0.345. The van der Waals surface area contributed by atoms with Gasteiger partial charge in [-0.15, -0.1) is 11.3 Å². The number of halogens is 1. The minimum absolute atomic E-state index is 0.345. The predicted molar refractivity (Wildman–Crippen MR) is 56.0 cm³/mol. The molecule has 0 N–H and O–H groups in total. The Morgan fingerprint density at radius 3 is 3.00 bits per heavy atom. The number of carbonyl (C=O) groups excluding carboxylic acids is 1. The normalized spacial score (nSPS) is 10.4. The number of ether oxygens (including phenoxy) is 1. The summed E-state index contributed by atoms with van der Waals surface area (Å²) in [7, 11) is 1.35. The molecule has 2 rings (SSSR count). The maximum atomic E-state index is 11.2. The number of rotatable bonds is 1. The summed E-state index contributed by atoms with van der Waals surface area (Å²) in [6.07, 6.45) is 3.23. The van der Waals surface area contributed by atoms with Crippen LogP contribution in [0.2, 0.25) is 5.02 Å². The fourth-order valence-corrected chi connectivity index (χ4v) is 2.36. The molecule has 0 atom stereocenters. The Bertz CT molecular complexity index is 495. The molecule has 0 bridgehead atoms. The molecule has 0 amide bonds. The molecule has 0 aliphatic carbocycles. The van der Waals surface area contributed by atoms with Crippen LogP contribution in [0, 0.1) is 0 Å². The average Bonchev–Trinajstić information content (AvgIpc) is 2.62. The maximum Gasteiger partial charge on any atom is 0.348 e. The number of aromatic nitrogens is 1. The van der Waals surface area contributed by atoms with Crippen LogP contribution in [-0.2, 0) is 4.74 Å². The summed E-state index contributed by atoms with van der Waals surface area (Å²) in [4.78, 5) is 15.7. The summed E-state index contributed by atoms with van der Waals surface area (Å²) in [5, 5.41) is 1.42. The smallest absolute Gasteiger partial charge is 0.348 e. The Balaban J connectivity index is 2.62. The van der Waals surface area contributed by atoms with Gasteiger partial charge in [-0.1, -0.05) is 11.6 Å². The number of hydrogen-bond acceptors (Lipinski definition) is 4. The van der Waals surface area contributed by atoms with Gasteiger partial charge in [0.15, 0.2) is 0 Å². The molecule has 14 heavy (non-hydrogen) atoms. The van der Waals surface area contributed by atoms with Crippen LogP contribution in [0.15, 0.2) is 18.5 Å². The third-order valence-corrected chi connectivity index (χ3v) is 3.33. The Kier molecular flexibility index (Phi) is 2.39. The first-order valence-corrected chi connectivity index (χ1v) is 5.03. The number of pyridine rings is 1. The lowest BCUT2D eigenvalue weighted by Gasteiger charge is -1.90. The highest BCUT2D eigenvalue weighted by atomic mass is 35.5. The van der Waals surface area contributed by atoms with Gasteiger partial charge in [0.25, 0.3) is 0 Å². The summed E-state index contributed by atoms with van der Waals surface area (Å²) < 4.78 is 5.48. The van der Waals surface area contributed by atoms with Gasteiger partial charge >= 0.3 is 5.97 Å². The molecule has 3 nitrogen and oxygen atoms in total. The monoisotopic (exact) mass is 227 g/mol. The van der Waals surface area contributed by atoms with Crippen molar-refractivity contribution in [3.05, 3.63) is 28.4 Å². The van der Waals surface area contributed by atoms with E-state index in [-0.39, 0.29) is 5.97 Å². The van der Waals surface area contributed by atoms with Gasteiger partial charge in [0.1, 0.15) is 4.88 Å². The molecular weight excluding hydrogens is 222 g/mol. The van der Waals surface area contributed by atoms with Crippen LogP contribution < -0.4 is 0 Å². The lowest BCUT2D eigenvalue weighted by atomic mass is 10.3. The van der Waals surface area contributed by atoms with Gasteiger partial charge in [-0.2, -0.15) is 0 Å². The van der Waals surface area contributed by atoms with Crippen molar-refractivity contribution in [2.45, 2.75) is 0 Å². The number of hydrogen-bond donors (Lipinski definition) is 0. The van der Waals surface area contributed by atoms with Gasteiger partial charge in [0, 0.05) is 17.8 Å². The van der Waals surface area contributed by atoms with E-state index in [1.807, 2.05) is 0 Å². The molecule has 0 fully saturated rings. The third kappa shape index (κ3) is 1.47. The second kappa shape index (κ2) is 3.55. The van der Waals surface area contributed by atoms with E-state index in [1.54, 1.807) is 18.5 Å². The fourth-order valence-electron chi connectivity index (χ4n) is 1.13. The SMILES string of the molecule is COC(=O)c1cc2cncc(Cl)c2s1. The summed E-state index contributed by atoms with van der Waals surface area (Å²) in [5.74, 6) is -0.345. The number of nitrogens with zero attached hydrogens (tertiary/aromatic N) is 1. The Hall–Kier alpha value is -1.13. The Morgan fingerprint density at radius 1 is 1.57 bits per heavy atom. The van der Waals surface area contributed by atoms with Crippen LogP contribution >= 0.6 is 22.9 Å². The molecule has 0 aliphatic heterocycles. The highest BCUT2D eigenvalue weighted by Crippen LogP contribution is 2.30. The van der Waals surface area contributed by atoms with Crippen LogP contribution in [0.5, 0.6) is 0 Å². The topological polar surface area (TPSA) is 39.2 Å². The van der Waals surface area contributed by atoms with Gasteiger partial charge in [-0.3, -0.25) is 4.98 Å². The lowest BCUT2D eigenvalue weighted by molar-refractivity contribution is 0.0606.